The summed E-state index contributed by atoms with van der Waals surface area (Å²) in [6.07, 6.45) is 1.64. The van der Waals surface area contributed by atoms with Crippen molar-refractivity contribution in [3.8, 4) is 5.75 Å². The second-order valence-corrected chi connectivity index (χ2v) is 7.48. The van der Waals surface area contributed by atoms with Gasteiger partial charge in [-0.3, -0.25) is 9.69 Å². The first-order chi connectivity index (χ1) is 15.1. The van der Waals surface area contributed by atoms with Gasteiger partial charge < -0.3 is 15.0 Å². The maximum atomic E-state index is 13.3. The monoisotopic (exact) mass is 420 g/mol. The minimum atomic E-state index is -0.438. The van der Waals surface area contributed by atoms with Crippen LogP contribution < -0.4 is 15.0 Å². The summed E-state index contributed by atoms with van der Waals surface area (Å²) in [5.74, 6) is 0.955. The fraction of sp³-hybridized carbons (Fsp3) is 0.250. The standard InChI is InChI=1S/C24H25FN4O2/c1-31-22-8-5-18(6-9-22)17-28-11-13-29(14-12-28)23-10-7-21(16-26-23)27-24(30)19-3-2-4-20(25)15-19/h2-10,15-16H,11-14,17H2,1H3,(H,27,30). The fourth-order valence-corrected chi connectivity index (χ4v) is 3.60. The number of pyridine rings is 1. The first-order valence-corrected chi connectivity index (χ1v) is 10.2. The number of amides is 1. The second-order valence-electron chi connectivity index (χ2n) is 7.48. The van der Waals surface area contributed by atoms with Crippen LogP contribution in [0.15, 0.2) is 66.9 Å². The molecule has 4 rings (SSSR count). The Morgan fingerprint density at radius 1 is 1.06 bits per heavy atom. The van der Waals surface area contributed by atoms with Crippen molar-refractivity contribution in [3.63, 3.8) is 0 Å². The number of rotatable bonds is 6. The zero-order chi connectivity index (χ0) is 21.6. The van der Waals surface area contributed by atoms with Gasteiger partial charge in [-0.2, -0.15) is 0 Å². The summed E-state index contributed by atoms with van der Waals surface area (Å²) in [4.78, 5) is 21.4. The van der Waals surface area contributed by atoms with Crippen LogP contribution in [0.1, 0.15) is 15.9 Å². The number of nitrogens with zero attached hydrogens (tertiary/aromatic N) is 3. The molecular formula is C24H25FN4O2. The quantitative estimate of drug-likeness (QED) is 0.657. The molecule has 2 aromatic carbocycles. The van der Waals surface area contributed by atoms with Gasteiger partial charge in [0.05, 0.1) is 19.0 Å². The van der Waals surface area contributed by atoms with E-state index < -0.39 is 5.82 Å². The highest BCUT2D eigenvalue weighted by Crippen LogP contribution is 2.19. The van der Waals surface area contributed by atoms with Crippen molar-refractivity contribution >= 4 is 17.4 Å². The van der Waals surface area contributed by atoms with Gasteiger partial charge in [-0.25, -0.2) is 9.37 Å². The number of piperazine rings is 1. The molecule has 31 heavy (non-hydrogen) atoms. The van der Waals surface area contributed by atoms with Gasteiger partial charge >= 0.3 is 0 Å². The number of hydrogen-bond donors (Lipinski definition) is 1. The molecule has 3 aromatic rings. The van der Waals surface area contributed by atoms with Crippen molar-refractivity contribution in [3.05, 3.63) is 83.8 Å². The maximum Gasteiger partial charge on any atom is 0.255 e. The highest BCUT2D eigenvalue weighted by molar-refractivity contribution is 6.04. The molecule has 0 spiro atoms. The Morgan fingerprint density at radius 2 is 1.84 bits per heavy atom. The molecule has 0 unspecified atom stereocenters. The number of methoxy groups -OCH3 is 1. The van der Waals surface area contributed by atoms with E-state index in [1.54, 1.807) is 19.4 Å². The molecule has 0 radical (unpaired) electrons. The van der Waals surface area contributed by atoms with Crippen LogP contribution >= 0.6 is 0 Å². The highest BCUT2D eigenvalue weighted by Gasteiger charge is 2.18. The van der Waals surface area contributed by atoms with E-state index in [4.69, 9.17) is 4.74 Å². The molecule has 0 bridgehead atoms. The van der Waals surface area contributed by atoms with Crippen LogP contribution in [0.5, 0.6) is 5.75 Å². The zero-order valence-corrected chi connectivity index (χ0v) is 17.4. The molecule has 7 heteroatoms. The van der Waals surface area contributed by atoms with Crippen LogP contribution in [0.2, 0.25) is 0 Å². The average molecular weight is 420 g/mol. The second kappa shape index (κ2) is 9.57. The third-order valence-electron chi connectivity index (χ3n) is 5.35. The molecule has 1 aliphatic rings. The van der Waals surface area contributed by atoms with E-state index >= 15 is 0 Å². The minimum Gasteiger partial charge on any atom is -0.497 e. The molecular weight excluding hydrogens is 395 g/mol. The normalized spacial score (nSPS) is 14.3. The smallest absolute Gasteiger partial charge is 0.255 e. The molecule has 160 valence electrons. The van der Waals surface area contributed by atoms with Crippen molar-refractivity contribution in [1.29, 1.82) is 0 Å². The summed E-state index contributed by atoms with van der Waals surface area (Å²) in [6.45, 7) is 4.59. The topological polar surface area (TPSA) is 57.7 Å². The lowest BCUT2D eigenvalue weighted by molar-refractivity contribution is 0.102. The van der Waals surface area contributed by atoms with E-state index in [2.05, 4.69) is 32.2 Å². The SMILES string of the molecule is COc1ccc(CN2CCN(c3ccc(NC(=O)c4cccc(F)c4)cn3)CC2)cc1. The van der Waals surface area contributed by atoms with E-state index in [-0.39, 0.29) is 11.5 Å². The Balaban J connectivity index is 1.29. The molecule has 1 aromatic heterocycles. The lowest BCUT2D eigenvalue weighted by atomic mass is 10.2. The van der Waals surface area contributed by atoms with Crippen molar-refractivity contribution in [2.45, 2.75) is 6.54 Å². The van der Waals surface area contributed by atoms with Crippen LogP contribution in [0.3, 0.4) is 0 Å². The van der Waals surface area contributed by atoms with E-state index in [0.29, 0.717) is 5.69 Å². The molecule has 1 amide bonds. The Bertz CT molecular complexity index is 1020. The van der Waals surface area contributed by atoms with Gasteiger partial charge in [0.1, 0.15) is 17.4 Å². The lowest BCUT2D eigenvalue weighted by Crippen LogP contribution is -2.46. The molecule has 0 saturated carbocycles. The first-order valence-electron chi connectivity index (χ1n) is 10.2. The predicted octanol–water partition coefficient (Wildman–Crippen LogP) is 3.80. The number of aromatic nitrogens is 1. The number of nitrogens with one attached hydrogen (secondary N) is 1. The molecule has 1 aliphatic heterocycles. The third-order valence-corrected chi connectivity index (χ3v) is 5.35. The Morgan fingerprint density at radius 3 is 2.48 bits per heavy atom. The molecule has 0 atom stereocenters. The van der Waals surface area contributed by atoms with E-state index in [0.717, 1.165) is 44.3 Å². The van der Waals surface area contributed by atoms with Crippen molar-refractivity contribution < 1.29 is 13.9 Å². The molecule has 2 heterocycles. The first kappa shape index (κ1) is 20.8. The Labute approximate surface area is 181 Å². The van der Waals surface area contributed by atoms with Gasteiger partial charge in [-0.15, -0.1) is 0 Å². The summed E-state index contributed by atoms with van der Waals surface area (Å²) < 4.78 is 18.5. The third kappa shape index (κ3) is 5.38. The summed E-state index contributed by atoms with van der Waals surface area (Å²) in [7, 11) is 1.67. The number of halogens is 1. The predicted molar refractivity (Wildman–Crippen MR) is 119 cm³/mol. The van der Waals surface area contributed by atoms with Crippen LogP contribution in [-0.2, 0) is 6.54 Å². The number of carbonyl (C=O) groups excluding carboxylic acids is 1. The molecule has 1 fully saturated rings. The van der Waals surface area contributed by atoms with Gasteiger partial charge in [0.2, 0.25) is 0 Å². The summed E-state index contributed by atoms with van der Waals surface area (Å²) in [6, 6.07) is 17.5. The van der Waals surface area contributed by atoms with Crippen LogP contribution in [0.4, 0.5) is 15.9 Å². The van der Waals surface area contributed by atoms with Crippen molar-refractivity contribution in [2.24, 2.45) is 0 Å². The van der Waals surface area contributed by atoms with E-state index in [1.165, 1.54) is 23.8 Å². The molecule has 6 nitrogen and oxygen atoms in total. The summed E-state index contributed by atoms with van der Waals surface area (Å²) in [5.41, 5.74) is 2.12. The maximum absolute atomic E-state index is 13.3. The fourth-order valence-electron chi connectivity index (χ4n) is 3.60. The van der Waals surface area contributed by atoms with Gasteiger partial charge in [-0.1, -0.05) is 18.2 Å². The van der Waals surface area contributed by atoms with Crippen molar-refractivity contribution in [2.75, 3.05) is 43.5 Å². The van der Waals surface area contributed by atoms with Crippen molar-refractivity contribution in [1.82, 2.24) is 9.88 Å². The molecule has 0 aliphatic carbocycles. The van der Waals surface area contributed by atoms with Crippen LogP contribution in [0, 0.1) is 5.82 Å². The van der Waals surface area contributed by atoms with E-state index in [9.17, 15) is 9.18 Å². The number of carbonyl (C=O) groups is 1. The molecule has 1 saturated heterocycles. The number of anilines is 2. The van der Waals surface area contributed by atoms with Gasteiger partial charge in [0, 0.05) is 38.3 Å². The number of hydrogen-bond acceptors (Lipinski definition) is 5. The number of benzene rings is 2. The molecule has 1 N–H and O–H groups in total. The largest absolute Gasteiger partial charge is 0.497 e. The minimum absolute atomic E-state index is 0.275. The number of ether oxygens (including phenoxy) is 1. The highest BCUT2D eigenvalue weighted by atomic mass is 19.1. The van der Waals surface area contributed by atoms with Gasteiger partial charge in [-0.05, 0) is 48.0 Å². The Hall–Kier alpha value is -3.45. The summed E-state index contributed by atoms with van der Waals surface area (Å²) in [5, 5.41) is 2.75. The van der Waals surface area contributed by atoms with Crippen LogP contribution in [-0.4, -0.2) is 49.1 Å². The van der Waals surface area contributed by atoms with Crippen LogP contribution in [0.25, 0.3) is 0 Å². The Kier molecular flexibility index (Phi) is 6.43. The lowest BCUT2D eigenvalue weighted by Gasteiger charge is -2.35. The summed E-state index contributed by atoms with van der Waals surface area (Å²) >= 11 is 0. The van der Waals surface area contributed by atoms with Gasteiger partial charge in [0.25, 0.3) is 5.91 Å². The van der Waals surface area contributed by atoms with Gasteiger partial charge in [0.15, 0.2) is 0 Å². The zero-order valence-electron chi connectivity index (χ0n) is 17.4. The van der Waals surface area contributed by atoms with E-state index in [1.807, 2.05) is 24.3 Å². The average Bonchev–Trinajstić information content (AvgIpc) is 2.81.